The zero-order valence-electron chi connectivity index (χ0n) is 11.5. The number of hydrogen-bond donors (Lipinski definition) is 2. The maximum atomic E-state index is 12.0. The molecule has 1 heterocycles. The van der Waals surface area contributed by atoms with Gasteiger partial charge in [-0.25, -0.2) is 13.2 Å². The highest BCUT2D eigenvalue weighted by Gasteiger charge is 2.23. The molecule has 20 heavy (non-hydrogen) atoms. The number of nitrogens with one attached hydrogen (secondary N) is 1. The average molecular weight is 319 g/mol. The fraction of sp³-hybridized carbons (Fsp3) is 0.500. The minimum Gasteiger partial charge on any atom is -0.480 e. The van der Waals surface area contributed by atoms with Gasteiger partial charge < -0.3 is 10.4 Å². The fourth-order valence-electron chi connectivity index (χ4n) is 1.68. The lowest BCUT2D eigenvalue weighted by molar-refractivity contribution is -0.139. The zero-order chi connectivity index (χ0) is 15.5. The Bertz CT molecular complexity index is 618. The summed E-state index contributed by atoms with van der Waals surface area (Å²) in [6.07, 6.45) is 0.877. The van der Waals surface area contributed by atoms with Crippen LogP contribution in [0.4, 0.5) is 0 Å². The van der Waals surface area contributed by atoms with Gasteiger partial charge in [0.15, 0.2) is 0 Å². The number of amides is 1. The summed E-state index contributed by atoms with van der Waals surface area (Å²) in [6, 6.07) is 0.474. The predicted octanol–water partition coefficient (Wildman–Crippen LogP) is 0.983. The van der Waals surface area contributed by atoms with Crippen LogP contribution in [0.5, 0.6) is 0 Å². The van der Waals surface area contributed by atoms with Gasteiger partial charge in [0.1, 0.15) is 15.9 Å². The van der Waals surface area contributed by atoms with E-state index in [0.29, 0.717) is 5.56 Å². The van der Waals surface area contributed by atoms with Gasteiger partial charge in [-0.3, -0.25) is 4.79 Å². The van der Waals surface area contributed by atoms with Crippen LogP contribution in [0.2, 0.25) is 0 Å². The third-order valence-electron chi connectivity index (χ3n) is 2.67. The molecule has 0 aliphatic heterocycles. The zero-order valence-corrected chi connectivity index (χ0v) is 13.1. The highest BCUT2D eigenvalue weighted by Crippen LogP contribution is 2.20. The van der Waals surface area contributed by atoms with Crippen molar-refractivity contribution in [1.29, 1.82) is 0 Å². The van der Waals surface area contributed by atoms with Crippen molar-refractivity contribution < 1.29 is 23.1 Å². The SMILES string of the molecule is Cc1cc(C(=O)NC(CCS(C)(=O)=O)C(=O)O)c(C)s1. The number of sulfone groups is 1. The van der Waals surface area contributed by atoms with E-state index in [2.05, 4.69) is 5.32 Å². The molecule has 1 atom stereocenters. The Morgan fingerprint density at radius 3 is 2.40 bits per heavy atom. The molecule has 112 valence electrons. The number of aliphatic carboxylic acids is 1. The minimum atomic E-state index is -3.27. The molecule has 0 radical (unpaired) electrons. The molecule has 1 aromatic rings. The third-order valence-corrected chi connectivity index (χ3v) is 4.61. The second-order valence-corrected chi connectivity index (χ2v) is 8.33. The molecule has 1 amide bonds. The van der Waals surface area contributed by atoms with Gasteiger partial charge in [-0.2, -0.15) is 0 Å². The molecule has 0 aromatic carbocycles. The first-order valence-electron chi connectivity index (χ1n) is 5.88. The van der Waals surface area contributed by atoms with Gasteiger partial charge in [0.05, 0.1) is 11.3 Å². The van der Waals surface area contributed by atoms with Crippen LogP contribution < -0.4 is 5.32 Å². The molecule has 0 spiro atoms. The first kappa shape index (κ1) is 16.6. The monoisotopic (exact) mass is 319 g/mol. The second-order valence-electron chi connectivity index (χ2n) is 4.61. The summed E-state index contributed by atoms with van der Waals surface area (Å²) in [5, 5.41) is 11.4. The van der Waals surface area contributed by atoms with E-state index in [-0.39, 0.29) is 12.2 Å². The fourth-order valence-corrected chi connectivity index (χ4v) is 3.27. The van der Waals surface area contributed by atoms with Crippen molar-refractivity contribution in [3.05, 3.63) is 21.4 Å². The van der Waals surface area contributed by atoms with Gasteiger partial charge >= 0.3 is 5.97 Å². The van der Waals surface area contributed by atoms with Crippen LogP contribution in [0.3, 0.4) is 0 Å². The number of carbonyl (C=O) groups is 2. The molecule has 1 unspecified atom stereocenters. The van der Waals surface area contributed by atoms with Gasteiger partial charge in [-0.05, 0) is 26.3 Å². The molecular formula is C12H17NO5S2. The van der Waals surface area contributed by atoms with E-state index in [0.717, 1.165) is 16.0 Å². The molecule has 2 N–H and O–H groups in total. The number of hydrogen-bond acceptors (Lipinski definition) is 5. The standard InChI is InChI=1S/C12H17NO5S2/c1-7-6-9(8(2)19-7)11(14)13-10(12(15)16)4-5-20(3,17)18/h6,10H,4-5H2,1-3H3,(H,13,14)(H,15,16). The molecule has 0 fully saturated rings. The smallest absolute Gasteiger partial charge is 0.326 e. The van der Waals surface area contributed by atoms with Crippen molar-refractivity contribution in [2.45, 2.75) is 26.3 Å². The van der Waals surface area contributed by atoms with Gasteiger partial charge in [0.2, 0.25) is 0 Å². The molecule has 0 saturated heterocycles. The third kappa shape index (κ3) is 4.93. The Kier molecular flexibility index (Phi) is 5.29. The van der Waals surface area contributed by atoms with E-state index in [1.165, 1.54) is 11.3 Å². The number of carbonyl (C=O) groups excluding carboxylic acids is 1. The van der Waals surface area contributed by atoms with Crippen molar-refractivity contribution in [1.82, 2.24) is 5.32 Å². The summed E-state index contributed by atoms with van der Waals surface area (Å²) < 4.78 is 22.1. The van der Waals surface area contributed by atoms with E-state index in [1.807, 2.05) is 6.92 Å². The average Bonchev–Trinajstić information content (AvgIpc) is 2.61. The molecule has 6 nitrogen and oxygen atoms in total. The largest absolute Gasteiger partial charge is 0.480 e. The topological polar surface area (TPSA) is 101 Å². The van der Waals surface area contributed by atoms with Crippen molar-refractivity contribution in [2.24, 2.45) is 0 Å². The predicted molar refractivity (Wildman–Crippen MR) is 77.0 cm³/mol. The summed E-state index contributed by atoms with van der Waals surface area (Å²) in [5.74, 6) is -2.02. The summed E-state index contributed by atoms with van der Waals surface area (Å²) >= 11 is 1.45. The Balaban J connectivity index is 2.78. The van der Waals surface area contributed by atoms with Crippen molar-refractivity contribution in [2.75, 3.05) is 12.0 Å². The molecular weight excluding hydrogens is 302 g/mol. The Labute approximate surface area is 121 Å². The van der Waals surface area contributed by atoms with E-state index < -0.39 is 27.8 Å². The maximum absolute atomic E-state index is 12.0. The quantitative estimate of drug-likeness (QED) is 0.814. The first-order valence-corrected chi connectivity index (χ1v) is 8.76. The number of rotatable bonds is 6. The van der Waals surface area contributed by atoms with Gasteiger partial charge in [0.25, 0.3) is 5.91 Å². The van der Waals surface area contributed by atoms with E-state index >= 15 is 0 Å². The summed E-state index contributed by atoms with van der Waals surface area (Å²) in [5.41, 5.74) is 0.429. The van der Waals surface area contributed by atoms with Gasteiger partial charge in [-0.15, -0.1) is 11.3 Å². The molecule has 1 rings (SSSR count). The minimum absolute atomic E-state index is 0.151. The number of carboxylic acids is 1. The lowest BCUT2D eigenvalue weighted by Crippen LogP contribution is -2.42. The molecule has 0 aliphatic rings. The number of carboxylic acid groups (broad SMARTS) is 1. The number of aryl methyl sites for hydroxylation is 2. The molecule has 0 saturated carbocycles. The van der Waals surface area contributed by atoms with Crippen molar-refractivity contribution >= 4 is 33.1 Å². The van der Waals surface area contributed by atoms with Crippen LogP contribution in [0.15, 0.2) is 6.07 Å². The second kappa shape index (κ2) is 6.36. The summed E-state index contributed by atoms with van der Waals surface area (Å²) in [4.78, 5) is 24.8. The normalized spacial score (nSPS) is 12.9. The lowest BCUT2D eigenvalue weighted by atomic mass is 10.2. The van der Waals surface area contributed by atoms with E-state index in [4.69, 9.17) is 5.11 Å². The number of thiophene rings is 1. The van der Waals surface area contributed by atoms with Crippen LogP contribution in [0, 0.1) is 13.8 Å². The lowest BCUT2D eigenvalue weighted by Gasteiger charge is -2.13. The summed E-state index contributed by atoms with van der Waals surface area (Å²) in [7, 11) is -3.27. The van der Waals surface area contributed by atoms with Gasteiger partial charge in [0, 0.05) is 16.0 Å². The molecule has 8 heteroatoms. The molecule has 0 aliphatic carbocycles. The molecule has 1 aromatic heterocycles. The van der Waals surface area contributed by atoms with Crippen LogP contribution in [0.1, 0.15) is 26.5 Å². The van der Waals surface area contributed by atoms with Crippen LogP contribution in [0.25, 0.3) is 0 Å². The Hall–Kier alpha value is -1.41. The molecule has 0 bridgehead atoms. The van der Waals surface area contributed by atoms with Gasteiger partial charge in [-0.1, -0.05) is 0 Å². The maximum Gasteiger partial charge on any atom is 0.326 e. The van der Waals surface area contributed by atoms with Crippen molar-refractivity contribution in [3.63, 3.8) is 0 Å². The first-order chi connectivity index (χ1) is 9.10. The van der Waals surface area contributed by atoms with E-state index in [1.54, 1.807) is 13.0 Å². The van der Waals surface area contributed by atoms with Crippen LogP contribution >= 0.6 is 11.3 Å². The Morgan fingerprint density at radius 2 is 2.00 bits per heavy atom. The summed E-state index contributed by atoms with van der Waals surface area (Å²) in [6.45, 7) is 3.63. The highest BCUT2D eigenvalue weighted by molar-refractivity contribution is 7.90. The van der Waals surface area contributed by atoms with Crippen LogP contribution in [-0.4, -0.2) is 43.5 Å². The highest BCUT2D eigenvalue weighted by atomic mass is 32.2. The van der Waals surface area contributed by atoms with E-state index in [9.17, 15) is 18.0 Å². The van der Waals surface area contributed by atoms with Crippen molar-refractivity contribution in [3.8, 4) is 0 Å². The van der Waals surface area contributed by atoms with Crippen LogP contribution in [-0.2, 0) is 14.6 Å². The Morgan fingerprint density at radius 1 is 1.40 bits per heavy atom.